The third-order valence-electron chi connectivity index (χ3n) is 2.42. The van der Waals surface area contributed by atoms with Gasteiger partial charge in [-0.15, -0.1) is 0 Å². The van der Waals surface area contributed by atoms with E-state index in [1.54, 1.807) is 48.5 Å². The maximum atomic E-state index is 10.1. The van der Waals surface area contributed by atoms with Crippen LogP contribution in [0.1, 0.15) is 17.2 Å². The summed E-state index contributed by atoms with van der Waals surface area (Å²) < 4.78 is 0. The van der Waals surface area contributed by atoms with E-state index in [1.807, 2.05) is 0 Å². The topological polar surface area (TPSA) is 40.5 Å². The van der Waals surface area contributed by atoms with Crippen LogP contribution in [0.4, 0.5) is 0 Å². The lowest BCUT2D eigenvalue weighted by atomic mass is 10.0. The number of hydrogen-bond acceptors (Lipinski definition) is 2. The summed E-state index contributed by atoms with van der Waals surface area (Å²) in [6.45, 7) is 0. The zero-order chi connectivity index (χ0) is 11.5. The van der Waals surface area contributed by atoms with Gasteiger partial charge in [-0.1, -0.05) is 41.9 Å². The van der Waals surface area contributed by atoms with Crippen LogP contribution in [0.15, 0.2) is 48.5 Å². The molecule has 0 bridgehead atoms. The summed E-state index contributed by atoms with van der Waals surface area (Å²) in [5.74, 6) is 0.0879. The quantitative estimate of drug-likeness (QED) is 0.838. The number of phenols is 1. The molecular formula is C13H11ClO2. The van der Waals surface area contributed by atoms with Crippen molar-refractivity contribution >= 4 is 11.6 Å². The lowest BCUT2D eigenvalue weighted by Crippen LogP contribution is -1.99. The molecule has 0 saturated heterocycles. The SMILES string of the molecule is Oc1ccccc1C(O)c1ccc(Cl)cc1. The first kappa shape index (κ1) is 11.0. The van der Waals surface area contributed by atoms with Gasteiger partial charge in [0.05, 0.1) is 0 Å². The minimum absolute atomic E-state index is 0.0879. The Morgan fingerprint density at radius 2 is 1.56 bits per heavy atom. The number of aromatic hydroxyl groups is 1. The minimum atomic E-state index is -0.835. The number of phenolic OH excluding ortho intramolecular Hbond substituents is 1. The summed E-state index contributed by atoms with van der Waals surface area (Å²) in [4.78, 5) is 0. The molecule has 0 aliphatic heterocycles. The maximum Gasteiger partial charge on any atom is 0.121 e. The third kappa shape index (κ3) is 2.18. The predicted octanol–water partition coefficient (Wildman–Crippen LogP) is 3.13. The van der Waals surface area contributed by atoms with Crippen LogP contribution in [0.5, 0.6) is 5.75 Å². The molecule has 2 aromatic carbocycles. The molecule has 0 aromatic heterocycles. The second-order valence-corrected chi connectivity index (χ2v) is 3.95. The lowest BCUT2D eigenvalue weighted by Gasteiger charge is -2.12. The number of aliphatic hydroxyl groups is 1. The van der Waals surface area contributed by atoms with Crippen LogP contribution in [-0.4, -0.2) is 10.2 Å². The number of aliphatic hydroxyl groups excluding tert-OH is 1. The van der Waals surface area contributed by atoms with Crippen LogP contribution in [0, 0.1) is 0 Å². The Labute approximate surface area is 98.7 Å². The van der Waals surface area contributed by atoms with Crippen molar-refractivity contribution in [1.82, 2.24) is 0 Å². The zero-order valence-electron chi connectivity index (χ0n) is 8.47. The van der Waals surface area contributed by atoms with Crippen LogP contribution in [0.3, 0.4) is 0 Å². The maximum absolute atomic E-state index is 10.1. The Morgan fingerprint density at radius 3 is 2.19 bits per heavy atom. The highest BCUT2D eigenvalue weighted by molar-refractivity contribution is 6.30. The van der Waals surface area contributed by atoms with Gasteiger partial charge in [-0.2, -0.15) is 0 Å². The van der Waals surface area contributed by atoms with Gasteiger partial charge in [0.25, 0.3) is 0 Å². The first-order chi connectivity index (χ1) is 7.68. The van der Waals surface area contributed by atoms with E-state index >= 15 is 0 Å². The molecule has 0 fully saturated rings. The van der Waals surface area contributed by atoms with Crippen molar-refractivity contribution in [1.29, 1.82) is 0 Å². The van der Waals surface area contributed by atoms with E-state index in [0.29, 0.717) is 16.1 Å². The molecule has 2 N–H and O–H groups in total. The predicted molar refractivity (Wildman–Crippen MR) is 63.6 cm³/mol. The van der Waals surface area contributed by atoms with Crippen LogP contribution >= 0.6 is 11.6 Å². The molecule has 0 saturated carbocycles. The summed E-state index contributed by atoms with van der Waals surface area (Å²) >= 11 is 5.76. The van der Waals surface area contributed by atoms with E-state index < -0.39 is 6.10 Å². The summed E-state index contributed by atoms with van der Waals surface area (Å²) in [5.41, 5.74) is 1.19. The highest BCUT2D eigenvalue weighted by atomic mass is 35.5. The number of benzene rings is 2. The number of hydrogen-bond donors (Lipinski definition) is 2. The van der Waals surface area contributed by atoms with E-state index in [2.05, 4.69) is 0 Å². The van der Waals surface area contributed by atoms with Gasteiger partial charge in [-0.05, 0) is 23.8 Å². The Balaban J connectivity index is 2.35. The molecule has 0 radical (unpaired) electrons. The van der Waals surface area contributed by atoms with E-state index in [0.717, 1.165) is 0 Å². The molecule has 0 aliphatic carbocycles. The fourth-order valence-electron chi connectivity index (χ4n) is 1.54. The van der Waals surface area contributed by atoms with E-state index in [9.17, 15) is 10.2 Å². The molecule has 82 valence electrons. The fourth-order valence-corrected chi connectivity index (χ4v) is 1.67. The van der Waals surface area contributed by atoms with Crippen LogP contribution < -0.4 is 0 Å². The largest absolute Gasteiger partial charge is 0.508 e. The first-order valence-electron chi connectivity index (χ1n) is 4.90. The van der Waals surface area contributed by atoms with Gasteiger partial charge in [0.15, 0.2) is 0 Å². The van der Waals surface area contributed by atoms with Crippen LogP contribution in [-0.2, 0) is 0 Å². The highest BCUT2D eigenvalue weighted by Crippen LogP contribution is 2.29. The van der Waals surface area contributed by atoms with Crippen LogP contribution in [0.25, 0.3) is 0 Å². The van der Waals surface area contributed by atoms with E-state index in [4.69, 9.17) is 11.6 Å². The molecule has 2 aromatic rings. The second kappa shape index (κ2) is 4.56. The van der Waals surface area contributed by atoms with Crippen molar-refractivity contribution in [3.05, 3.63) is 64.7 Å². The molecule has 0 spiro atoms. The third-order valence-corrected chi connectivity index (χ3v) is 2.67. The average molecular weight is 235 g/mol. The monoisotopic (exact) mass is 234 g/mol. The summed E-state index contributed by atoms with van der Waals surface area (Å²) in [7, 11) is 0. The van der Waals surface area contributed by atoms with Crippen molar-refractivity contribution < 1.29 is 10.2 Å². The molecule has 3 heteroatoms. The molecule has 0 heterocycles. The Morgan fingerprint density at radius 1 is 0.938 bits per heavy atom. The van der Waals surface area contributed by atoms with Crippen LogP contribution in [0.2, 0.25) is 5.02 Å². The smallest absolute Gasteiger partial charge is 0.121 e. The summed E-state index contributed by atoms with van der Waals surface area (Å²) in [5, 5.41) is 20.3. The zero-order valence-corrected chi connectivity index (χ0v) is 9.22. The Bertz CT molecular complexity index is 480. The van der Waals surface area contributed by atoms with Gasteiger partial charge >= 0.3 is 0 Å². The molecular weight excluding hydrogens is 224 g/mol. The fraction of sp³-hybridized carbons (Fsp3) is 0.0769. The molecule has 1 atom stereocenters. The molecule has 0 amide bonds. The van der Waals surface area contributed by atoms with Gasteiger partial charge in [0.1, 0.15) is 11.9 Å². The molecule has 2 nitrogen and oxygen atoms in total. The molecule has 0 aliphatic rings. The molecule has 2 rings (SSSR count). The van der Waals surface area contributed by atoms with Crippen molar-refractivity contribution in [3.8, 4) is 5.75 Å². The highest BCUT2D eigenvalue weighted by Gasteiger charge is 2.13. The normalized spacial score (nSPS) is 12.4. The standard InChI is InChI=1S/C13H11ClO2/c14-10-7-5-9(6-8-10)13(16)11-3-1-2-4-12(11)15/h1-8,13,15-16H. The van der Waals surface area contributed by atoms with Crippen molar-refractivity contribution in [2.75, 3.05) is 0 Å². The minimum Gasteiger partial charge on any atom is -0.508 e. The van der Waals surface area contributed by atoms with Gasteiger partial charge < -0.3 is 10.2 Å². The van der Waals surface area contributed by atoms with Gasteiger partial charge in [0.2, 0.25) is 0 Å². The average Bonchev–Trinajstić information content (AvgIpc) is 2.30. The van der Waals surface area contributed by atoms with E-state index in [1.165, 1.54) is 0 Å². The van der Waals surface area contributed by atoms with E-state index in [-0.39, 0.29) is 5.75 Å². The second-order valence-electron chi connectivity index (χ2n) is 3.51. The first-order valence-corrected chi connectivity index (χ1v) is 5.27. The summed E-state index contributed by atoms with van der Waals surface area (Å²) in [6, 6.07) is 13.6. The summed E-state index contributed by atoms with van der Waals surface area (Å²) in [6.07, 6.45) is -0.835. The van der Waals surface area contributed by atoms with Gasteiger partial charge in [-0.25, -0.2) is 0 Å². The van der Waals surface area contributed by atoms with Crippen molar-refractivity contribution in [2.45, 2.75) is 6.10 Å². The number of rotatable bonds is 2. The molecule has 16 heavy (non-hydrogen) atoms. The van der Waals surface area contributed by atoms with Gasteiger partial charge in [0, 0.05) is 10.6 Å². The number of para-hydroxylation sites is 1. The van der Waals surface area contributed by atoms with Crippen molar-refractivity contribution in [2.24, 2.45) is 0 Å². The molecule has 1 unspecified atom stereocenters. The number of halogens is 1. The lowest BCUT2D eigenvalue weighted by molar-refractivity contribution is 0.215. The Hall–Kier alpha value is -1.51. The van der Waals surface area contributed by atoms with Gasteiger partial charge in [-0.3, -0.25) is 0 Å². The van der Waals surface area contributed by atoms with Crippen molar-refractivity contribution in [3.63, 3.8) is 0 Å². The Kier molecular flexibility index (Phi) is 3.13.